The van der Waals surface area contributed by atoms with Gasteiger partial charge in [0.15, 0.2) is 0 Å². The van der Waals surface area contributed by atoms with Crippen molar-refractivity contribution in [1.82, 2.24) is 9.78 Å². The van der Waals surface area contributed by atoms with Gasteiger partial charge < -0.3 is 0 Å². The lowest BCUT2D eigenvalue weighted by Gasteiger charge is -1.95. The number of aromatic nitrogens is 3. The van der Waals surface area contributed by atoms with Crippen LogP contribution in [0.2, 0.25) is 5.02 Å². The Morgan fingerprint density at radius 1 is 1.19 bits per heavy atom. The van der Waals surface area contributed by atoms with E-state index >= 15 is 0 Å². The second-order valence-corrected chi connectivity index (χ2v) is 5.32. The highest BCUT2D eigenvalue weighted by atomic mass is 35.5. The predicted molar refractivity (Wildman–Crippen MR) is 79.4 cm³/mol. The van der Waals surface area contributed by atoms with E-state index in [0.717, 1.165) is 17.0 Å². The zero-order chi connectivity index (χ0) is 14.8. The molecule has 0 N–H and O–H groups in total. The third kappa shape index (κ3) is 3.11. The van der Waals surface area contributed by atoms with Gasteiger partial charge in [0.05, 0.1) is 12.6 Å². The van der Waals surface area contributed by atoms with E-state index in [2.05, 4.69) is 5.10 Å². The molecule has 1 aromatic heterocycles. The maximum atomic E-state index is 13.2. The predicted octanol–water partition coefficient (Wildman–Crippen LogP) is 3.22. The van der Waals surface area contributed by atoms with Crippen LogP contribution in [0.5, 0.6) is 0 Å². The molecule has 0 aliphatic rings. The molecule has 106 valence electrons. The van der Waals surface area contributed by atoms with Crippen LogP contribution in [0.3, 0.4) is 0 Å². The van der Waals surface area contributed by atoms with E-state index in [1.807, 2.05) is 48.3 Å². The van der Waals surface area contributed by atoms with Crippen molar-refractivity contribution >= 4 is 11.6 Å². The highest BCUT2D eigenvalue weighted by Crippen LogP contribution is 2.18. The molecule has 0 unspecified atom stereocenters. The molecule has 0 saturated carbocycles. The number of benzene rings is 2. The van der Waals surface area contributed by atoms with Crippen molar-refractivity contribution in [2.75, 3.05) is 0 Å². The first-order valence-electron chi connectivity index (χ1n) is 6.55. The molecule has 0 fully saturated rings. The third-order valence-electron chi connectivity index (χ3n) is 3.18. The van der Waals surface area contributed by atoms with E-state index in [0.29, 0.717) is 11.6 Å². The molecule has 2 aromatic carbocycles. The van der Waals surface area contributed by atoms with Gasteiger partial charge in [0.2, 0.25) is 6.33 Å². The van der Waals surface area contributed by atoms with Crippen molar-refractivity contribution in [3.05, 3.63) is 71.3 Å². The summed E-state index contributed by atoms with van der Waals surface area (Å²) in [5.41, 5.74) is 1.82. The molecule has 3 nitrogen and oxygen atoms in total. The molecule has 0 radical (unpaired) electrons. The Bertz CT molecular complexity index is 783. The number of halogens is 2. The molecule has 3 rings (SSSR count). The summed E-state index contributed by atoms with van der Waals surface area (Å²) >= 11 is 6.02. The first-order chi connectivity index (χ1) is 10.1. The van der Waals surface area contributed by atoms with Crippen LogP contribution >= 0.6 is 11.6 Å². The van der Waals surface area contributed by atoms with Gasteiger partial charge in [-0.15, -0.1) is 4.68 Å². The van der Waals surface area contributed by atoms with Crippen molar-refractivity contribution in [1.29, 1.82) is 0 Å². The van der Waals surface area contributed by atoms with Gasteiger partial charge in [0, 0.05) is 10.1 Å². The van der Waals surface area contributed by atoms with Crippen molar-refractivity contribution in [2.45, 2.75) is 6.54 Å². The summed E-state index contributed by atoms with van der Waals surface area (Å²) in [4.78, 5) is 0. The van der Waals surface area contributed by atoms with Gasteiger partial charge in [-0.3, -0.25) is 0 Å². The summed E-state index contributed by atoms with van der Waals surface area (Å²) < 4.78 is 16.9. The third-order valence-corrected chi connectivity index (χ3v) is 3.42. The maximum Gasteiger partial charge on any atom is 0.308 e. The van der Waals surface area contributed by atoms with E-state index in [1.54, 1.807) is 10.7 Å². The van der Waals surface area contributed by atoms with Crippen LogP contribution in [0.25, 0.3) is 11.4 Å². The second-order valence-electron chi connectivity index (χ2n) is 4.89. The Labute approximate surface area is 127 Å². The Morgan fingerprint density at radius 2 is 2.00 bits per heavy atom. The van der Waals surface area contributed by atoms with Gasteiger partial charge in [0.25, 0.3) is 0 Å². The summed E-state index contributed by atoms with van der Waals surface area (Å²) in [7, 11) is 1.92. The monoisotopic (exact) mass is 302 g/mol. The lowest BCUT2D eigenvalue weighted by molar-refractivity contribution is -0.661. The Hall–Kier alpha value is -2.20. The number of hydrogen-bond acceptors (Lipinski definition) is 1. The average Bonchev–Trinajstić information content (AvgIpc) is 2.79. The Balaban J connectivity index is 1.91. The fourth-order valence-corrected chi connectivity index (χ4v) is 2.45. The van der Waals surface area contributed by atoms with Gasteiger partial charge >= 0.3 is 5.82 Å². The van der Waals surface area contributed by atoms with Gasteiger partial charge in [-0.1, -0.05) is 29.8 Å². The number of hydrogen-bond donors (Lipinski definition) is 0. The fourth-order valence-electron chi connectivity index (χ4n) is 2.26. The molecule has 0 aliphatic carbocycles. The number of rotatable bonds is 3. The smallest absolute Gasteiger partial charge is 0.233 e. The highest BCUT2D eigenvalue weighted by molar-refractivity contribution is 6.30. The number of aryl methyl sites for hydroxylation is 1. The van der Waals surface area contributed by atoms with Crippen LogP contribution in [0.4, 0.5) is 4.39 Å². The summed E-state index contributed by atoms with van der Waals surface area (Å²) in [6.45, 7) is 0.520. The van der Waals surface area contributed by atoms with Gasteiger partial charge in [-0.2, -0.15) is 0 Å². The lowest BCUT2D eigenvalue weighted by atomic mass is 10.2. The average molecular weight is 303 g/mol. The van der Waals surface area contributed by atoms with E-state index in [1.165, 1.54) is 12.1 Å². The SMILES string of the molecule is C[n+]1cn(Cc2cccc(F)c2)nc1-c1cccc(Cl)c1. The molecule has 21 heavy (non-hydrogen) atoms. The standard InChI is InChI=1S/C16H14ClFN3/c1-20-11-21(10-12-4-2-7-15(18)8-12)19-16(20)13-5-3-6-14(17)9-13/h2-9,11H,10H2,1H3/q+1. The topological polar surface area (TPSA) is 21.7 Å². The van der Waals surface area contributed by atoms with Crippen LogP contribution in [0.15, 0.2) is 54.9 Å². The molecule has 0 saturated heterocycles. The summed E-state index contributed by atoms with van der Waals surface area (Å²) in [6, 6.07) is 14.1. The summed E-state index contributed by atoms with van der Waals surface area (Å²) in [5, 5.41) is 5.22. The van der Waals surface area contributed by atoms with Gasteiger partial charge in [-0.25, -0.2) is 8.96 Å². The molecular weight excluding hydrogens is 289 g/mol. The molecule has 3 aromatic rings. The van der Waals surface area contributed by atoms with Crippen molar-refractivity contribution < 1.29 is 8.96 Å². The molecule has 0 amide bonds. The Kier molecular flexibility index (Phi) is 3.71. The minimum atomic E-state index is -0.237. The van der Waals surface area contributed by atoms with E-state index in [-0.39, 0.29) is 5.82 Å². The minimum Gasteiger partial charge on any atom is -0.233 e. The molecule has 0 bridgehead atoms. The van der Waals surface area contributed by atoms with Crippen LogP contribution in [0.1, 0.15) is 5.56 Å². The largest absolute Gasteiger partial charge is 0.308 e. The fraction of sp³-hybridized carbons (Fsp3) is 0.125. The highest BCUT2D eigenvalue weighted by Gasteiger charge is 2.16. The van der Waals surface area contributed by atoms with Crippen LogP contribution in [0, 0.1) is 5.82 Å². The minimum absolute atomic E-state index is 0.237. The number of nitrogens with zero attached hydrogens (tertiary/aromatic N) is 3. The quantitative estimate of drug-likeness (QED) is 0.681. The molecule has 0 spiro atoms. The maximum absolute atomic E-state index is 13.2. The van der Waals surface area contributed by atoms with Crippen molar-refractivity contribution in [3.63, 3.8) is 0 Å². The van der Waals surface area contributed by atoms with Crippen molar-refractivity contribution in [3.8, 4) is 11.4 Å². The summed E-state index contributed by atoms with van der Waals surface area (Å²) in [6.07, 6.45) is 1.88. The molecular formula is C16H14ClFN3+. The zero-order valence-electron chi connectivity index (χ0n) is 11.5. The van der Waals surface area contributed by atoms with Gasteiger partial charge in [0.1, 0.15) is 12.4 Å². The van der Waals surface area contributed by atoms with E-state index < -0.39 is 0 Å². The normalized spacial score (nSPS) is 10.8. The first kappa shape index (κ1) is 13.8. The molecule has 0 aliphatic heterocycles. The van der Waals surface area contributed by atoms with E-state index in [9.17, 15) is 4.39 Å². The van der Waals surface area contributed by atoms with Crippen molar-refractivity contribution in [2.24, 2.45) is 7.05 Å². The lowest BCUT2D eigenvalue weighted by Crippen LogP contribution is -2.28. The Morgan fingerprint density at radius 3 is 2.76 bits per heavy atom. The van der Waals surface area contributed by atoms with Crippen LogP contribution < -0.4 is 4.57 Å². The van der Waals surface area contributed by atoms with Gasteiger partial charge in [-0.05, 0) is 35.9 Å². The molecule has 0 atom stereocenters. The second kappa shape index (κ2) is 5.66. The van der Waals surface area contributed by atoms with E-state index in [4.69, 9.17) is 11.6 Å². The zero-order valence-corrected chi connectivity index (χ0v) is 12.3. The van der Waals surface area contributed by atoms with Crippen LogP contribution in [-0.4, -0.2) is 9.78 Å². The molecule has 5 heteroatoms. The molecule has 1 heterocycles. The summed E-state index contributed by atoms with van der Waals surface area (Å²) in [5.74, 6) is 0.577. The first-order valence-corrected chi connectivity index (χ1v) is 6.93. The van der Waals surface area contributed by atoms with Crippen LogP contribution in [-0.2, 0) is 13.6 Å².